The number of piperidine rings is 1. The second kappa shape index (κ2) is 6.26. The van der Waals surface area contributed by atoms with Crippen LogP contribution in [0.25, 0.3) is 0 Å². The molecule has 118 valence electrons. The summed E-state index contributed by atoms with van der Waals surface area (Å²) in [5.74, 6) is -0.0973. The number of amides is 4. The molecule has 3 heterocycles. The summed E-state index contributed by atoms with van der Waals surface area (Å²) in [7, 11) is 0. The summed E-state index contributed by atoms with van der Waals surface area (Å²) in [5, 5.41) is 4.80. The Morgan fingerprint density at radius 3 is 2.95 bits per heavy atom. The Labute approximate surface area is 137 Å². The zero-order valence-corrected chi connectivity index (χ0v) is 13.4. The molecule has 2 fully saturated rings. The number of carbonyl (C=O) groups excluding carboxylic acids is 3. The van der Waals surface area contributed by atoms with Gasteiger partial charge in [0.05, 0.1) is 4.88 Å². The van der Waals surface area contributed by atoms with Gasteiger partial charge in [0, 0.05) is 25.0 Å². The van der Waals surface area contributed by atoms with Crippen LogP contribution in [0.3, 0.4) is 0 Å². The number of alkyl halides is 1. The fourth-order valence-corrected chi connectivity index (χ4v) is 3.74. The fourth-order valence-electron chi connectivity index (χ4n) is 2.94. The van der Waals surface area contributed by atoms with Crippen LogP contribution in [-0.2, 0) is 4.79 Å². The number of thiophene rings is 1. The lowest BCUT2D eigenvalue weighted by molar-refractivity contribution is -0.128. The normalized spacial score (nSPS) is 24.6. The largest absolute Gasteiger partial charge is 0.348 e. The molecule has 0 spiro atoms. The molecule has 2 saturated heterocycles. The van der Waals surface area contributed by atoms with Gasteiger partial charge < -0.3 is 10.2 Å². The number of fused-ring (bicyclic) bond motifs is 1. The molecule has 6 nitrogen and oxygen atoms in total. The highest BCUT2D eigenvalue weighted by atomic mass is 35.5. The van der Waals surface area contributed by atoms with Gasteiger partial charge in [-0.05, 0) is 24.3 Å². The van der Waals surface area contributed by atoms with Crippen molar-refractivity contribution in [2.24, 2.45) is 0 Å². The first-order chi connectivity index (χ1) is 10.6. The maximum Gasteiger partial charge on any atom is 0.327 e. The molecule has 8 heteroatoms. The highest BCUT2D eigenvalue weighted by Crippen LogP contribution is 2.27. The summed E-state index contributed by atoms with van der Waals surface area (Å²) >= 11 is 7.02. The van der Waals surface area contributed by atoms with Gasteiger partial charge in [-0.2, -0.15) is 0 Å². The Hall–Kier alpha value is -1.60. The lowest BCUT2D eigenvalue weighted by Crippen LogP contribution is -2.49. The predicted molar refractivity (Wildman–Crippen MR) is 83.1 cm³/mol. The van der Waals surface area contributed by atoms with E-state index in [1.165, 1.54) is 16.2 Å². The molecule has 0 aliphatic carbocycles. The van der Waals surface area contributed by atoms with E-state index in [4.69, 9.17) is 11.6 Å². The van der Waals surface area contributed by atoms with E-state index in [-0.39, 0.29) is 36.3 Å². The first-order valence-electron chi connectivity index (χ1n) is 7.14. The molecular weight excluding hydrogens is 326 g/mol. The van der Waals surface area contributed by atoms with E-state index >= 15 is 0 Å². The van der Waals surface area contributed by atoms with Gasteiger partial charge in [0.1, 0.15) is 6.04 Å². The van der Waals surface area contributed by atoms with E-state index in [0.29, 0.717) is 24.3 Å². The Morgan fingerprint density at radius 1 is 1.45 bits per heavy atom. The molecule has 0 bridgehead atoms. The maximum absolute atomic E-state index is 12.3. The summed E-state index contributed by atoms with van der Waals surface area (Å²) in [5.41, 5.74) is 0. The molecule has 1 aromatic heterocycles. The highest BCUT2D eigenvalue weighted by molar-refractivity contribution is 7.12. The first-order valence-corrected chi connectivity index (χ1v) is 8.55. The van der Waals surface area contributed by atoms with Crippen molar-refractivity contribution in [3.63, 3.8) is 0 Å². The van der Waals surface area contributed by atoms with Gasteiger partial charge in [-0.3, -0.25) is 14.5 Å². The van der Waals surface area contributed by atoms with Crippen molar-refractivity contribution in [2.45, 2.75) is 24.9 Å². The summed E-state index contributed by atoms with van der Waals surface area (Å²) in [6.45, 7) is 0.710. The number of nitrogens with one attached hydrogen (secondary N) is 1. The summed E-state index contributed by atoms with van der Waals surface area (Å²) < 4.78 is 0. The minimum Gasteiger partial charge on any atom is -0.348 e. The van der Waals surface area contributed by atoms with Crippen LogP contribution < -0.4 is 5.32 Å². The predicted octanol–water partition coefficient (Wildman–Crippen LogP) is 1.51. The van der Waals surface area contributed by atoms with E-state index in [9.17, 15) is 14.4 Å². The number of halogens is 1. The van der Waals surface area contributed by atoms with E-state index < -0.39 is 6.04 Å². The minimum atomic E-state index is -0.474. The monoisotopic (exact) mass is 341 g/mol. The van der Waals surface area contributed by atoms with Crippen LogP contribution in [0.1, 0.15) is 22.5 Å². The van der Waals surface area contributed by atoms with Gasteiger partial charge in [0.25, 0.3) is 11.8 Å². The van der Waals surface area contributed by atoms with Gasteiger partial charge in [-0.25, -0.2) is 4.79 Å². The topological polar surface area (TPSA) is 69.7 Å². The van der Waals surface area contributed by atoms with Crippen molar-refractivity contribution in [1.82, 2.24) is 15.1 Å². The van der Waals surface area contributed by atoms with Crippen molar-refractivity contribution in [3.8, 4) is 0 Å². The molecule has 2 aliphatic heterocycles. The second-order valence-electron chi connectivity index (χ2n) is 5.34. The third kappa shape index (κ3) is 2.70. The van der Waals surface area contributed by atoms with E-state index in [1.54, 1.807) is 11.0 Å². The number of rotatable bonds is 4. The van der Waals surface area contributed by atoms with Gasteiger partial charge in [0.2, 0.25) is 0 Å². The van der Waals surface area contributed by atoms with Crippen molar-refractivity contribution in [1.29, 1.82) is 0 Å². The van der Waals surface area contributed by atoms with Gasteiger partial charge in [-0.15, -0.1) is 22.9 Å². The zero-order chi connectivity index (χ0) is 15.7. The Bertz CT molecular complexity index is 592. The van der Waals surface area contributed by atoms with E-state index in [1.807, 2.05) is 11.4 Å². The molecule has 0 radical (unpaired) electrons. The van der Waals surface area contributed by atoms with Gasteiger partial charge in [0.15, 0.2) is 0 Å². The molecule has 2 atom stereocenters. The SMILES string of the molecule is O=C(NC1CCN2C(=O)N(CCCl)C(=O)C2C1)c1cccs1. The number of hydrogen-bond acceptors (Lipinski definition) is 4. The Balaban J connectivity index is 1.65. The standard InChI is InChI=1S/C14H16ClN3O3S/c15-4-6-18-13(20)10-8-9(3-5-17(10)14(18)21)16-12(19)11-2-1-7-22-11/h1-2,7,9-10H,3-6,8H2,(H,16,19). The number of urea groups is 1. The number of imide groups is 1. The molecule has 3 rings (SSSR count). The van der Waals surface area contributed by atoms with Gasteiger partial charge >= 0.3 is 6.03 Å². The first kappa shape index (κ1) is 15.3. The van der Waals surface area contributed by atoms with Crippen molar-refractivity contribution in [3.05, 3.63) is 22.4 Å². The summed E-state index contributed by atoms with van der Waals surface area (Å²) in [4.78, 5) is 40.0. The average molecular weight is 342 g/mol. The number of carbonyl (C=O) groups is 3. The van der Waals surface area contributed by atoms with E-state index in [0.717, 1.165) is 0 Å². The Kier molecular flexibility index (Phi) is 4.35. The molecular formula is C14H16ClN3O3S. The van der Waals surface area contributed by atoms with Gasteiger partial charge in [-0.1, -0.05) is 6.07 Å². The number of hydrogen-bond donors (Lipinski definition) is 1. The van der Waals surface area contributed by atoms with Crippen LogP contribution in [0.15, 0.2) is 17.5 Å². The minimum absolute atomic E-state index is 0.0939. The average Bonchev–Trinajstić information content (AvgIpc) is 3.12. The molecule has 22 heavy (non-hydrogen) atoms. The second-order valence-corrected chi connectivity index (χ2v) is 6.67. The number of nitrogens with zero attached hydrogens (tertiary/aromatic N) is 2. The third-order valence-electron chi connectivity index (χ3n) is 4.02. The van der Waals surface area contributed by atoms with Crippen molar-refractivity contribution >= 4 is 40.8 Å². The summed E-state index contributed by atoms with van der Waals surface area (Å²) in [6, 6.07) is 2.76. The molecule has 2 aliphatic rings. The Morgan fingerprint density at radius 2 is 2.27 bits per heavy atom. The van der Waals surface area contributed by atoms with Crippen LogP contribution in [0.5, 0.6) is 0 Å². The summed E-state index contributed by atoms with van der Waals surface area (Å²) in [6.07, 6.45) is 1.11. The molecule has 0 aromatic carbocycles. The highest BCUT2D eigenvalue weighted by Gasteiger charge is 2.47. The van der Waals surface area contributed by atoms with Crippen LogP contribution in [0, 0.1) is 0 Å². The van der Waals surface area contributed by atoms with Crippen LogP contribution in [0.2, 0.25) is 0 Å². The smallest absolute Gasteiger partial charge is 0.327 e. The fraction of sp³-hybridized carbons (Fsp3) is 0.500. The van der Waals surface area contributed by atoms with Crippen LogP contribution >= 0.6 is 22.9 Å². The molecule has 1 N–H and O–H groups in total. The van der Waals surface area contributed by atoms with Crippen molar-refractivity contribution < 1.29 is 14.4 Å². The lowest BCUT2D eigenvalue weighted by Gasteiger charge is -2.32. The molecule has 2 unspecified atom stereocenters. The quantitative estimate of drug-likeness (QED) is 0.666. The third-order valence-corrected chi connectivity index (χ3v) is 5.06. The lowest BCUT2D eigenvalue weighted by atomic mass is 9.98. The van der Waals surface area contributed by atoms with Crippen LogP contribution in [0.4, 0.5) is 4.79 Å². The van der Waals surface area contributed by atoms with Crippen LogP contribution in [-0.4, -0.2) is 58.7 Å². The maximum atomic E-state index is 12.3. The zero-order valence-electron chi connectivity index (χ0n) is 11.8. The molecule has 1 aromatic rings. The van der Waals surface area contributed by atoms with Crippen molar-refractivity contribution in [2.75, 3.05) is 19.0 Å². The molecule has 4 amide bonds. The van der Waals surface area contributed by atoms with E-state index in [2.05, 4.69) is 5.32 Å². The molecule has 0 saturated carbocycles.